The van der Waals surface area contributed by atoms with Gasteiger partial charge >= 0.3 is 0 Å². The van der Waals surface area contributed by atoms with Gasteiger partial charge in [-0.15, -0.1) is 0 Å². The zero-order valence-electron chi connectivity index (χ0n) is 21.8. The fourth-order valence-electron chi connectivity index (χ4n) is 8.44. The third-order valence-electron chi connectivity index (χ3n) is 10.7. The van der Waals surface area contributed by atoms with Gasteiger partial charge in [0.25, 0.3) is 0 Å². The van der Waals surface area contributed by atoms with Crippen LogP contribution in [0.5, 0.6) is 0 Å². The average Bonchev–Trinajstić information content (AvgIpc) is 3.04. The molecule has 35 heavy (non-hydrogen) atoms. The van der Waals surface area contributed by atoms with E-state index in [9.17, 15) is 35.8 Å². The van der Waals surface area contributed by atoms with Crippen LogP contribution in [0.2, 0.25) is 0 Å². The molecule has 3 fully saturated rings. The summed E-state index contributed by atoms with van der Waals surface area (Å²) in [5.74, 6) is -0.656. The van der Waals surface area contributed by atoms with E-state index in [0.29, 0.717) is 44.2 Å². The van der Waals surface area contributed by atoms with Crippen LogP contribution in [0.4, 0.5) is 0 Å². The first kappa shape index (κ1) is 27.0. The van der Waals surface area contributed by atoms with Crippen LogP contribution in [0.3, 0.4) is 0 Å². The Labute approximate surface area is 208 Å². The van der Waals surface area contributed by atoms with Gasteiger partial charge in [-0.3, -0.25) is 0 Å². The number of aliphatic hydroxyl groups is 6. The summed E-state index contributed by atoms with van der Waals surface area (Å²) in [5, 5.41) is 79.3. The molecule has 0 radical (unpaired) electrons. The van der Waals surface area contributed by atoms with E-state index in [0.717, 1.165) is 12.0 Å². The van der Waals surface area contributed by atoms with Crippen LogP contribution in [-0.4, -0.2) is 76.7 Å². The van der Waals surface area contributed by atoms with Gasteiger partial charge in [0.05, 0.1) is 40.8 Å². The summed E-state index contributed by atoms with van der Waals surface area (Å²) in [6.07, 6.45) is 2.53. The summed E-state index contributed by atoms with van der Waals surface area (Å²) >= 11 is 0. The first-order valence-corrected chi connectivity index (χ1v) is 13.2. The molecule has 0 aromatic heterocycles. The second-order valence-electron chi connectivity index (χ2n) is 13.3. The fourth-order valence-corrected chi connectivity index (χ4v) is 8.44. The molecule has 4 aliphatic rings. The van der Waals surface area contributed by atoms with Crippen molar-refractivity contribution in [3.63, 3.8) is 0 Å². The highest BCUT2D eigenvalue weighted by atomic mass is 16.4. The molecule has 0 heterocycles. The molecule has 8 heteroatoms. The van der Waals surface area contributed by atoms with E-state index in [4.69, 9.17) is 0 Å². The first-order valence-electron chi connectivity index (χ1n) is 13.2. The molecule has 0 spiro atoms. The predicted octanol–water partition coefficient (Wildman–Crippen LogP) is 2.12. The largest absolute Gasteiger partial charge is 0.411 e. The van der Waals surface area contributed by atoms with Gasteiger partial charge in [-0.25, -0.2) is 0 Å². The minimum atomic E-state index is -1.46. The molecule has 0 bridgehead atoms. The Morgan fingerprint density at radius 1 is 1.06 bits per heavy atom. The number of oxime groups is 1. The predicted molar refractivity (Wildman–Crippen MR) is 131 cm³/mol. The van der Waals surface area contributed by atoms with Gasteiger partial charge in [0.1, 0.15) is 0 Å². The van der Waals surface area contributed by atoms with Crippen molar-refractivity contribution in [2.75, 3.05) is 0 Å². The number of aliphatic hydroxyl groups excluding tert-OH is 3. The Morgan fingerprint density at radius 3 is 2.31 bits per heavy atom. The van der Waals surface area contributed by atoms with E-state index in [-0.39, 0.29) is 24.2 Å². The lowest BCUT2D eigenvalue weighted by Crippen LogP contribution is -2.62. The van der Waals surface area contributed by atoms with Crippen molar-refractivity contribution in [2.24, 2.45) is 33.7 Å². The van der Waals surface area contributed by atoms with E-state index in [2.05, 4.69) is 12.1 Å². The van der Waals surface area contributed by atoms with Crippen molar-refractivity contribution in [3.8, 4) is 0 Å². The summed E-state index contributed by atoms with van der Waals surface area (Å²) in [5.41, 5.74) is -3.66. The molecule has 0 unspecified atom stereocenters. The maximum atomic E-state index is 12.3. The van der Waals surface area contributed by atoms with E-state index in [1.807, 2.05) is 6.92 Å². The molecular formula is C27H45NO7. The minimum absolute atomic E-state index is 0.0537. The monoisotopic (exact) mass is 495 g/mol. The van der Waals surface area contributed by atoms with Crippen molar-refractivity contribution < 1.29 is 35.8 Å². The average molecular weight is 496 g/mol. The topological polar surface area (TPSA) is 154 Å². The van der Waals surface area contributed by atoms with Crippen molar-refractivity contribution in [3.05, 3.63) is 11.6 Å². The number of hydrogen-bond donors (Lipinski definition) is 7. The van der Waals surface area contributed by atoms with E-state index in [1.54, 1.807) is 26.8 Å². The maximum Gasteiger partial charge on any atom is 0.0920 e. The molecule has 8 nitrogen and oxygen atoms in total. The molecule has 200 valence electrons. The number of rotatable bonds is 5. The lowest BCUT2D eigenvalue weighted by molar-refractivity contribution is -0.172. The Balaban J connectivity index is 1.70. The first-order chi connectivity index (χ1) is 16.0. The lowest BCUT2D eigenvalue weighted by atomic mass is 9.45. The Kier molecular flexibility index (Phi) is 6.56. The fraction of sp³-hybridized carbons (Fsp3) is 0.889. The highest BCUT2D eigenvalue weighted by molar-refractivity contribution is 5.99. The second kappa shape index (κ2) is 8.50. The number of fused-ring (bicyclic) bond motifs is 5. The molecule has 0 saturated heterocycles. The standard InChI is InChI=1S/C27H45NO7/c1-23(2,32)9-8-22(31)26(5,33)21-7-11-27(34)16-12-18(28-35)17-13-19(29)20(30)14-24(17,3)15(16)6-10-25(21,27)4/h12,15,17,19-22,29-35H,6-11,13-14H2,1-5H3/b28-18-/t15-,17-,19+,20-,21-,22-,24+,25+,26+,27+/m0/s1. The Hall–Kier alpha value is -1.03. The number of allylic oxidation sites excluding steroid dienone is 1. The smallest absolute Gasteiger partial charge is 0.0920 e. The van der Waals surface area contributed by atoms with Crippen LogP contribution in [0.1, 0.15) is 86.0 Å². The van der Waals surface area contributed by atoms with Gasteiger partial charge in [0, 0.05) is 11.3 Å². The van der Waals surface area contributed by atoms with Gasteiger partial charge in [0.15, 0.2) is 0 Å². The zero-order valence-corrected chi connectivity index (χ0v) is 21.8. The van der Waals surface area contributed by atoms with Crippen molar-refractivity contribution in [1.29, 1.82) is 0 Å². The van der Waals surface area contributed by atoms with Gasteiger partial charge in [-0.2, -0.15) is 0 Å². The SMILES string of the molecule is CC(C)(O)CC[C@H](O)[C@](C)(O)[C@H]1CC[C@@]2(O)C3=C/C(=N/O)[C@@H]4C[C@@H](O)[C@@H](O)C[C@]4(C)[C@H]3CC[C@]12C. The molecule has 4 aliphatic carbocycles. The summed E-state index contributed by atoms with van der Waals surface area (Å²) in [6.45, 7) is 9.04. The van der Waals surface area contributed by atoms with Crippen LogP contribution in [0.25, 0.3) is 0 Å². The van der Waals surface area contributed by atoms with E-state index < -0.39 is 45.9 Å². The van der Waals surface area contributed by atoms with E-state index >= 15 is 0 Å². The molecule has 3 saturated carbocycles. The lowest BCUT2D eigenvalue weighted by Gasteiger charge is -2.61. The summed E-state index contributed by atoms with van der Waals surface area (Å²) in [4.78, 5) is 0. The van der Waals surface area contributed by atoms with Gasteiger partial charge in [-0.05, 0) is 101 Å². The minimum Gasteiger partial charge on any atom is -0.411 e. The highest BCUT2D eigenvalue weighted by Gasteiger charge is 2.68. The van der Waals surface area contributed by atoms with Gasteiger partial charge in [-0.1, -0.05) is 19.0 Å². The molecule has 10 atom stereocenters. The Bertz CT molecular complexity index is 894. The Morgan fingerprint density at radius 2 is 1.71 bits per heavy atom. The van der Waals surface area contributed by atoms with Gasteiger partial charge < -0.3 is 35.8 Å². The summed E-state index contributed by atoms with van der Waals surface area (Å²) in [6, 6.07) is 0. The normalized spacial score (nSPS) is 47.3. The third-order valence-corrected chi connectivity index (χ3v) is 10.7. The van der Waals surface area contributed by atoms with Crippen LogP contribution < -0.4 is 0 Å². The van der Waals surface area contributed by atoms with Crippen molar-refractivity contribution in [1.82, 2.24) is 0 Å². The number of hydrogen-bond acceptors (Lipinski definition) is 8. The third kappa shape index (κ3) is 3.99. The summed E-state index contributed by atoms with van der Waals surface area (Å²) < 4.78 is 0. The zero-order chi connectivity index (χ0) is 26.2. The number of nitrogens with zero attached hydrogens (tertiary/aromatic N) is 1. The van der Waals surface area contributed by atoms with Gasteiger partial charge in [0.2, 0.25) is 0 Å². The van der Waals surface area contributed by atoms with Crippen LogP contribution in [0, 0.1) is 28.6 Å². The molecule has 0 aliphatic heterocycles. The molecule has 7 N–H and O–H groups in total. The van der Waals surface area contributed by atoms with Crippen molar-refractivity contribution >= 4 is 5.71 Å². The van der Waals surface area contributed by atoms with Crippen LogP contribution in [0.15, 0.2) is 16.8 Å². The summed E-state index contributed by atoms with van der Waals surface area (Å²) in [7, 11) is 0. The second-order valence-corrected chi connectivity index (χ2v) is 13.3. The highest BCUT2D eigenvalue weighted by Crippen LogP contribution is 2.68. The van der Waals surface area contributed by atoms with Crippen molar-refractivity contribution in [2.45, 2.75) is 121 Å². The molecule has 0 amide bonds. The van der Waals surface area contributed by atoms with Crippen LogP contribution in [-0.2, 0) is 0 Å². The van der Waals surface area contributed by atoms with Crippen LogP contribution >= 0.6 is 0 Å². The molecular weight excluding hydrogens is 450 g/mol. The van der Waals surface area contributed by atoms with E-state index in [1.165, 1.54) is 0 Å². The molecule has 0 aromatic rings. The molecule has 4 rings (SSSR count). The molecule has 0 aromatic carbocycles. The quantitative estimate of drug-likeness (QED) is 0.228. The maximum absolute atomic E-state index is 12.3.